The summed E-state index contributed by atoms with van der Waals surface area (Å²) in [6.07, 6.45) is 0. The Hall–Kier alpha value is -1.75. The molecule has 92 valence electrons. The van der Waals surface area contributed by atoms with Crippen molar-refractivity contribution in [2.75, 3.05) is 18.1 Å². The highest BCUT2D eigenvalue weighted by atomic mass is 35.5. The van der Waals surface area contributed by atoms with Crippen LogP contribution in [0, 0.1) is 6.92 Å². The summed E-state index contributed by atoms with van der Waals surface area (Å²) in [5.74, 6) is 0.401. The van der Waals surface area contributed by atoms with E-state index in [9.17, 15) is 0 Å². The second-order valence-corrected chi connectivity index (χ2v) is 3.50. The number of anilines is 2. The molecule has 0 aliphatic carbocycles. The Morgan fingerprint density at radius 2 is 1.94 bits per heavy atom. The lowest BCUT2D eigenvalue weighted by atomic mass is 10.1. The van der Waals surface area contributed by atoms with Gasteiger partial charge in [0.2, 0.25) is 0 Å². The first kappa shape index (κ1) is 13.3. The fourth-order valence-corrected chi connectivity index (χ4v) is 1.61. The van der Waals surface area contributed by atoms with Gasteiger partial charge < -0.3 is 16.2 Å². The number of nitrogens with two attached hydrogens (primary N) is 2. The number of hydrogen-bond acceptors (Lipinski definition) is 5. The van der Waals surface area contributed by atoms with Crippen LogP contribution in [0.25, 0.3) is 10.9 Å². The molecule has 0 saturated carbocycles. The van der Waals surface area contributed by atoms with E-state index in [0.717, 1.165) is 16.5 Å². The maximum absolute atomic E-state index is 5.87. The van der Waals surface area contributed by atoms with Crippen molar-refractivity contribution in [1.29, 1.82) is 0 Å². The lowest BCUT2D eigenvalue weighted by molar-refractivity contribution is 0.314. The number of benzene rings is 1. The van der Waals surface area contributed by atoms with E-state index in [1.54, 1.807) is 6.07 Å². The Balaban J connectivity index is 0.00000144. The van der Waals surface area contributed by atoms with Gasteiger partial charge >= 0.3 is 6.01 Å². The van der Waals surface area contributed by atoms with E-state index in [1.165, 1.54) is 0 Å². The number of aryl methyl sites for hydroxylation is 1. The molecule has 0 amide bonds. The van der Waals surface area contributed by atoms with E-state index in [2.05, 4.69) is 9.97 Å². The van der Waals surface area contributed by atoms with Crippen LogP contribution in [0.1, 0.15) is 12.5 Å². The number of rotatable bonds is 2. The van der Waals surface area contributed by atoms with Gasteiger partial charge in [0.05, 0.1) is 12.1 Å². The number of fused-ring (bicyclic) bond motifs is 1. The standard InChI is InChI=1S/C11H14N4O.ClH/c1-3-16-11-14-8-5-4-7(12)6(2)9(8)10(13)15-11;/h4-5H,3,12H2,1-2H3,(H2,13,14,15);1H. The number of hydrogen-bond donors (Lipinski definition) is 2. The fraction of sp³-hybridized carbons (Fsp3) is 0.273. The van der Waals surface area contributed by atoms with Crippen LogP contribution in [0.15, 0.2) is 12.1 Å². The number of nitrogen functional groups attached to an aromatic ring is 2. The fourth-order valence-electron chi connectivity index (χ4n) is 1.61. The van der Waals surface area contributed by atoms with Gasteiger partial charge in [0, 0.05) is 11.1 Å². The van der Waals surface area contributed by atoms with E-state index >= 15 is 0 Å². The number of aromatic nitrogens is 2. The SMILES string of the molecule is CCOc1nc(N)c2c(C)c(N)ccc2n1.Cl. The number of ether oxygens (including phenoxy) is 1. The van der Waals surface area contributed by atoms with Crippen molar-refractivity contribution in [3.8, 4) is 6.01 Å². The van der Waals surface area contributed by atoms with Crippen molar-refractivity contribution >= 4 is 34.8 Å². The van der Waals surface area contributed by atoms with Crippen molar-refractivity contribution in [3.63, 3.8) is 0 Å². The largest absolute Gasteiger partial charge is 0.464 e. The highest BCUT2D eigenvalue weighted by Crippen LogP contribution is 2.27. The summed E-state index contributed by atoms with van der Waals surface area (Å²) in [6, 6.07) is 3.93. The minimum absolute atomic E-state index is 0. The Morgan fingerprint density at radius 3 is 2.59 bits per heavy atom. The summed E-state index contributed by atoms with van der Waals surface area (Å²) in [4.78, 5) is 8.34. The van der Waals surface area contributed by atoms with Gasteiger partial charge in [0.25, 0.3) is 0 Å². The molecule has 2 rings (SSSR count). The topological polar surface area (TPSA) is 87.0 Å². The highest BCUT2D eigenvalue weighted by molar-refractivity contribution is 5.94. The molecule has 0 aliphatic rings. The van der Waals surface area contributed by atoms with E-state index < -0.39 is 0 Å². The lowest BCUT2D eigenvalue weighted by Crippen LogP contribution is -2.03. The second kappa shape index (κ2) is 5.05. The Morgan fingerprint density at radius 1 is 1.24 bits per heavy atom. The molecule has 17 heavy (non-hydrogen) atoms. The first-order chi connectivity index (χ1) is 7.63. The molecule has 0 spiro atoms. The van der Waals surface area contributed by atoms with Gasteiger partial charge in [0.15, 0.2) is 0 Å². The zero-order valence-corrected chi connectivity index (χ0v) is 10.5. The van der Waals surface area contributed by atoms with Crippen LogP contribution in [0.2, 0.25) is 0 Å². The van der Waals surface area contributed by atoms with Crippen molar-refractivity contribution in [1.82, 2.24) is 9.97 Å². The monoisotopic (exact) mass is 254 g/mol. The van der Waals surface area contributed by atoms with Crippen LogP contribution < -0.4 is 16.2 Å². The van der Waals surface area contributed by atoms with Crippen LogP contribution in [-0.2, 0) is 0 Å². The average molecular weight is 255 g/mol. The Kier molecular flexibility index (Phi) is 3.96. The summed E-state index contributed by atoms with van der Waals surface area (Å²) in [5.41, 5.74) is 14.0. The molecular weight excluding hydrogens is 240 g/mol. The molecule has 0 aliphatic heterocycles. The van der Waals surface area contributed by atoms with Crippen LogP contribution in [-0.4, -0.2) is 16.6 Å². The van der Waals surface area contributed by atoms with E-state index in [0.29, 0.717) is 24.1 Å². The molecule has 0 fully saturated rings. The predicted octanol–water partition coefficient (Wildman–Crippen LogP) is 1.92. The van der Waals surface area contributed by atoms with Crippen molar-refractivity contribution in [3.05, 3.63) is 17.7 Å². The van der Waals surface area contributed by atoms with Gasteiger partial charge in [0.1, 0.15) is 5.82 Å². The number of halogens is 1. The van der Waals surface area contributed by atoms with Gasteiger partial charge in [-0.2, -0.15) is 9.97 Å². The zero-order chi connectivity index (χ0) is 11.7. The molecular formula is C11H15ClN4O. The van der Waals surface area contributed by atoms with Crippen LogP contribution in [0.3, 0.4) is 0 Å². The van der Waals surface area contributed by atoms with E-state index in [4.69, 9.17) is 16.2 Å². The van der Waals surface area contributed by atoms with Crippen LogP contribution >= 0.6 is 12.4 Å². The van der Waals surface area contributed by atoms with Gasteiger partial charge in [-0.1, -0.05) is 0 Å². The van der Waals surface area contributed by atoms with Gasteiger partial charge in [-0.05, 0) is 31.5 Å². The molecule has 0 unspecified atom stereocenters. The van der Waals surface area contributed by atoms with Crippen molar-refractivity contribution in [2.45, 2.75) is 13.8 Å². The first-order valence-corrected chi connectivity index (χ1v) is 5.08. The third-order valence-corrected chi connectivity index (χ3v) is 2.45. The maximum Gasteiger partial charge on any atom is 0.318 e. The molecule has 2 aromatic rings. The molecule has 0 bridgehead atoms. The van der Waals surface area contributed by atoms with Crippen LogP contribution in [0.5, 0.6) is 6.01 Å². The molecule has 6 heteroatoms. The lowest BCUT2D eigenvalue weighted by Gasteiger charge is -2.09. The smallest absolute Gasteiger partial charge is 0.318 e. The summed E-state index contributed by atoms with van der Waals surface area (Å²) in [7, 11) is 0. The zero-order valence-electron chi connectivity index (χ0n) is 9.73. The molecule has 1 heterocycles. The van der Waals surface area contributed by atoms with Gasteiger partial charge in [-0.25, -0.2) is 0 Å². The third kappa shape index (κ3) is 2.34. The van der Waals surface area contributed by atoms with Crippen molar-refractivity contribution in [2.24, 2.45) is 0 Å². The van der Waals surface area contributed by atoms with Gasteiger partial charge in [-0.3, -0.25) is 0 Å². The second-order valence-electron chi connectivity index (χ2n) is 3.50. The molecule has 1 aromatic carbocycles. The maximum atomic E-state index is 5.87. The summed E-state index contributed by atoms with van der Waals surface area (Å²) in [5, 5.41) is 0.795. The van der Waals surface area contributed by atoms with Gasteiger partial charge in [-0.15, -0.1) is 12.4 Å². The molecule has 0 atom stereocenters. The summed E-state index contributed by atoms with van der Waals surface area (Å²) < 4.78 is 5.23. The quantitative estimate of drug-likeness (QED) is 0.800. The Labute approximate surface area is 106 Å². The first-order valence-electron chi connectivity index (χ1n) is 5.08. The Bertz CT molecular complexity index is 544. The summed E-state index contributed by atoms with van der Waals surface area (Å²) in [6.45, 7) is 4.29. The third-order valence-electron chi connectivity index (χ3n) is 2.45. The molecule has 0 radical (unpaired) electrons. The van der Waals surface area contributed by atoms with Crippen LogP contribution in [0.4, 0.5) is 11.5 Å². The molecule has 0 saturated heterocycles. The molecule has 5 nitrogen and oxygen atoms in total. The highest BCUT2D eigenvalue weighted by Gasteiger charge is 2.09. The average Bonchev–Trinajstić information content (AvgIpc) is 2.23. The molecule has 4 N–H and O–H groups in total. The van der Waals surface area contributed by atoms with E-state index in [-0.39, 0.29) is 12.4 Å². The minimum Gasteiger partial charge on any atom is -0.464 e. The molecule has 1 aromatic heterocycles. The van der Waals surface area contributed by atoms with Crippen molar-refractivity contribution < 1.29 is 4.74 Å². The summed E-state index contributed by atoms with van der Waals surface area (Å²) >= 11 is 0. The minimum atomic E-state index is 0. The predicted molar refractivity (Wildman–Crippen MR) is 71.5 cm³/mol. The number of nitrogens with zero attached hydrogens (tertiary/aromatic N) is 2. The normalized spacial score (nSPS) is 10.0. The van der Waals surface area contributed by atoms with E-state index in [1.807, 2.05) is 19.9 Å².